The molecule has 30 heavy (non-hydrogen) atoms. The highest BCUT2D eigenvalue weighted by Gasteiger charge is 2.56. The first-order valence-electron chi connectivity index (χ1n) is 13.3. The van der Waals surface area contributed by atoms with Crippen molar-refractivity contribution >= 4 is 0 Å². The van der Waals surface area contributed by atoms with E-state index in [1.165, 1.54) is 51.4 Å². The van der Waals surface area contributed by atoms with Crippen molar-refractivity contribution < 1.29 is 5.11 Å². The van der Waals surface area contributed by atoms with E-state index in [0.29, 0.717) is 16.7 Å². The van der Waals surface area contributed by atoms with Crippen molar-refractivity contribution in [1.82, 2.24) is 0 Å². The second-order valence-electron chi connectivity index (χ2n) is 12.4. The lowest BCUT2D eigenvalue weighted by molar-refractivity contribution is -0.0341. The van der Waals surface area contributed by atoms with Gasteiger partial charge in [0.2, 0.25) is 0 Å². The van der Waals surface area contributed by atoms with E-state index in [2.05, 4.69) is 53.7 Å². The van der Waals surface area contributed by atoms with Crippen molar-refractivity contribution in [3.05, 3.63) is 23.3 Å². The molecule has 2 saturated carbocycles. The lowest BCUT2D eigenvalue weighted by atomic mass is 9.47. The number of allylic oxidation sites excluding steroid dienone is 4. The van der Waals surface area contributed by atoms with Gasteiger partial charge in [-0.2, -0.15) is 0 Å². The Labute approximate surface area is 186 Å². The zero-order chi connectivity index (χ0) is 21.7. The smallest absolute Gasteiger partial charge is 0.0543 e. The van der Waals surface area contributed by atoms with Crippen molar-refractivity contribution in [2.75, 3.05) is 0 Å². The van der Waals surface area contributed by atoms with Crippen LogP contribution in [0, 0.1) is 46.3 Å². The number of hydrogen-bond donors (Lipinski definition) is 1. The van der Waals surface area contributed by atoms with Crippen LogP contribution < -0.4 is 0 Å². The zero-order valence-electron chi connectivity index (χ0n) is 20.7. The standard InChI is InChI=1S/C29H48O/c1-7-21(19(2)3)9-8-20(4)25-12-13-26-24-11-10-22-18-23(30)14-16-28(22,5)27(24)15-17-29(25,26)6/h11-12,19-23,26-27,30H,7-10,13-18H2,1-6H3/t20-,21-,22+,23+,26+,27+,28+,29-/m1/s1. The molecule has 0 bridgehead atoms. The molecule has 1 heteroatoms. The molecular formula is C29H48O. The van der Waals surface area contributed by atoms with Crippen LogP contribution in [0.2, 0.25) is 0 Å². The van der Waals surface area contributed by atoms with Gasteiger partial charge in [0.1, 0.15) is 0 Å². The van der Waals surface area contributed by atoms with E-state index < -0.39 is 0 Å². The molecule has 0 amide bonds. The first-order valence-corrected chi connectivity index (χ1v) is 13.3. The van der Waals surface area contributed by atoms with Crippen LogP contribution in [-0.4, -0.2) is 11.2 Å². The number of hydrogen-bond acceptors (Lipinski definition) is 1. The van der Waals surface area contributed by atoms with Crippen LogP contribution in [-0.2, 0) is 0 Å². The first-order chi connectivity index (χ1) is 14.2. The molecule has 4 rings (SSSR count). The van der Waals surface area contributed by atoms with E-state index in [1.807, 2.05) is 5.57 Å². The topological polar surface area (TPSA) is 20.2 Å². The Morgan fingerprint density at radius 1 is 1.00 bits per heavy atom. The Morgan fingerprint density at radius 3 is 2.47 bits per heavy atom. The number of rotatable bonds is 6. The zero-order valence-corrected chi connectivity index (χ0v) is 20.7. The summed E-state index contributed by atoms with van der Waals surface area (Å²) >= 11 is 0. The molecule has 0 saturated heterocycles. The minimum atomic E-state index is -0.0507. The van der Waals surface area contributed by atoms with Gasteiger partial charge >= 0.3 is 0 Å². The number of aliphatic hydroxyl groups is 1. The Morgan fingerprint density at radius 2 is 1.77 bits per heavy atom. The highest BCUT2D eigenvalue weighted by atomic mass is 16.3. The van der Waals surface area contributed by atoms with E-state index in [9.17, 15) is 5.11 Å². The van der Waals surface area contributed by atoms with E-state index in [1.54, 1.807) is 5.57 Å². The Kier molecular flexibility index (Phi) is 6.35. The minimum Gasteiger partial charge on any atom is -0.393 e. The summed E-state index contributed by atoms with van der Waals surface area (Å²) in [6, 6.07) is 0. The maximum atomic E-state index is 10.3. The molecule has 1 N–H and O–H groups in total. The van der Waals surface area contributed by atoms with Crippen LogP contribution in [0.15, 0.2) is 23.3 Å². The van der Waals surface area contributed by atoms with Crippen molar-refractivity contribution in [3.8, 4) is 0 Å². The van der Waals surface area contributed by atoms with E-state index in [-0.39, 0.29) is 6.10 Å². The summed E-state index contributed by atoms with van der Waals surface area (Å²) in [5.41, 5.74) is 4.46. The third-order valence-electron chi connectivity index (χ3n) is 10.7. The Hall–Kier alpha value is -0.560. The molecule has 0 aromatic carbocycles. The summed E-state index contributed by atoms with van der Waals surface area (Å²) in [7, 11) is 0. The van der Waals surface area contributed by atoms with Crippen molar-refractivity contribution in [2.24, 2.45) is 46.3 Å². The lowest BCUT2D eigenvalue weighted by Crippen LogP contribution is -2.49. The summed E-state index contributed by atoms with van der Waals surface area (Å²) in [4.78, 5) is 0. The lowest BCUT2D eigenvalue weighted by Gasteiger charge is -2.57. The van der Waals surface area contributed by atoms with Gasteiger partial charge in [0.05, 0.1) is 6.10 Å². The summed E-state index contributed by atoms with van der Waals surface area (Å²) in [6.45, 7) is 14.9. The molecule has 0 aromatic heterocycles. The third-order valence-corrected chi connectivity index (χ3v) is 10.7. The van der Waals surface area contributed by atoms with Gasteiger partial charge in [0.15, 0.2) is 0 Å². The van der Waals surface area contributed by atoms with Crippen LogP contribution in [0.4, 0.5) is 0 Å². The van der Waals surface area contributed by atoms with E-state index >= 15 is 0 Å². The van der Waals surface area contributed by atoms with E-state index in [0.717, 1.165) is 42.4 Å². The molecule has 2 fully saturated rings. The first kappa shape index (κ1) is 22.6. The number of fused-ring (bicyclic) bond motifs is 5. The molecule has 1 nitrogen and oxygen atoms in total. The normalized spacial score (nSPS) is 42.7. The van der Waals surface area contributed by atoms with Gasteiger partial charge in [-0.3, -0.25) is 0 Å². The minimum absolute atomic E-state index is 0.0507. The van der Waals surface area contributed by atoms with Crippen LogP contribution in [0.5, 0.6) is 0 Å². The molecule has 0 aromatic rings. The molecule has 0 radical (unpaired) electrons. The van der Waals surface area contributed by atoms with Gasteiger partial charge in [-0.05, 0) is 104 Å². The highest BCUT2D eigenvalue weighted by molar-refractivity contribution is 5.36. The predicted octanol–water partition coefficient (Wildman–Crippen LogP) is 7.94. The fourth-order valence-electron chi connectivity index (χ4n) is 8.50. The number of aliphatic hydroxyl groups excluding tert-OH is 1. The van der Waals surface area contributed by atoms with Crippen molar-refractivity contribution in [3.63, 3.8) is 0 Å². The second-order valence-corrected chi connectivity index (χ2v) is 12.4. The molecule has 0 aliphatic heterocycles. The predicted molar refractivity (Wildman–Crippen MR) is 128 cm³/mol. The molecule has 4 aliphatic carbocycles. The molecule has 0 spiro atoms. The van der Waals surface area contributed by atoms with Gasteiger partial charge in [-0.15, -0.1) is 0 Å². The SMILES string of the molecule is CC[C@H](CC[C@@H](C)C1=CC[C@H]2C3=CC[C@H]4C[C@@H](O)CC[C@]4(C)[C@H]3CC[C@]12C)C(C)C. The van der Waals surface area contributed by atoms with Crippen molar-refractivity contribution in [2.45, 2.75) is 112 Å². The maximum absolute atomic E-state index is 10.3. The van der Waals surface area contributed by atoms with Gasteiger partial charge in [0, 0.05) is 0 Å². The molecule has 8 atom stereocenters. The van der Waals surface area contributed by atoms with Gasteiger partial charge in [-0.1, -0.05) is 71.3 Å². The van der Waals surface area contributed by atoms with Gasteiger partial charge in [0.25, 0.3) is 0 Å². The van der Waals surface area contributed by atoms with Gasteiger partial charge < -0.3 is 5.11 Å². The molecule has 4 aliphatic rings. The monoisotopic (exact) mass is 412 g/mol. The fourth-order valence-corrected chi connectivity index (χ4v) is 8.50. The van der Waals surface area contributed by atoms with Gasteiger partial charge in [-0.25, -0.2) is 0 Å². The molecule has 0 heterocycles. The summed E-state index contributed by atoms with van der Waals surface area (Å²) in [5.74, 6) is 4.67. The molecule has 170 valence electrons. The van der Waals surface area contributed by atoms with Crippen LogP contribution in [0.25, 0.3) is 0 Å². The summed E-state index contributed by atoms with van der Waals surface area (Å²) < 4.78 is 0. The van der Waals surface area contributed by atoms with E-state index in [4.69, 9.17) is 0 Å². The second kappa shape index (κ2) is 8.42. The van der Waals surface area contributed by atoms with Crippen LogP contribution >= 0.6 is 0 Å². The highest BCUT2D eigenvalue weighted by Crippen LogP contribution is 2.65. The Balaban J connectivity index is 1.49. The molecular weight excluding hydrogens is 364 g/mol. The quantitative estimate of drug-likeness (QED) is 0.439. The van der Waals surface area contributed by atoms with Crippen molar-refractivity contribution in [1.29, 1.82) is 0 Å². The Bertz CT molecular complexity index is 686. The van der Waals surface area contributed by atoms with Crippen LogP contribution in [0.3, 0.4) is 0 Å². The largest absolute Gasteiger partial charge is 0.393 e. The maximum Gasteiger partial charge on any atom is 0.0543 e. The average Bonchev–Trinajstić information content (AvgIpc) is 3.06. The average molecular weight is 413 g/mol. The van der Waals surface area contributed by atoms with Crippen LogP contribution in [0.1, 0.15) is 106 Å². The summed E-state index contributed by atoms with van der Waals surface area (Å²) in [5, 5.41) is 10.3. The third kappa shape index (κ3) is 3.66. The molecule has 0 unspecified atom stereocenters. The summed E-state index contributed by atoms with van der Waals surface area (Å²) in [6.07, 6.45) is 17.9. The fraction of sp³-hybridized carbons (Fsp3) is 0.862.